The summed E-state index contributed by atoms with van der Waals surface area (Å²) in [6, 6.07) is 7.28. The average molecular weight is 498 g/mol. The molecule has 0 bridgehead atoms. The first kappa shape index (κ1) is 23.7. The number of sulfonamides is 1. The zero-order valence-corrected chi connectivity index (χ0v) is 18.4. The Hall–Kier alpha value is -3.45. The zero-order valence-electron chi connectivity index (χ0n) is 17.6. The van der Waals surface area contributed by atoms with E-state index in [1.165, 1.54) is 18.1 Å². The molecule has 34 heavy (non-hydrogen) atoms. The van der Waals surface area contributed by atoms with Crippen LogP contribution in [-0.2, 0) is 29.2 Å². The van der Waals surface area contributed by atoms with E-state index in [4.69, 9.17) is 4.74 Å². The minimum Gasteiger partial charge on any atom is -0.457 e. The highest BCUT2D eigenvalue weighted by molar-refractivity contribution is 7.89. The number of carbonyl (C=O) groups is 1. The second kappa shape index (κ2) is 8.72. The van der Waals surface area contributed by atoms with Crippen molar-refractivity contribution < 1.29 is 35.5 Å². The highest BCUT2D eigenvalue weighted by Gasteiger charge is 2.34. The van der Waals surface area contributed by atoms with Crippen LogP contribution in [-0.4, -0.2) is 42.8 Å². The molecule has 3 aromatic rings. The summed E-state index contributed by atoms with van der Waals surface area (Å²) in [6.07, 6.45) is -3.12. The molecule has 0 fully saturated rings. The van der Waals surface area contributed by atoms with Gasteiger partial charge in [0.25, 0.3) is 15.9 Å². The SMILES string of the molecule is CNS(=O)(=O)c1nc(C(=O)N2CCc3cc(Oc4ccc(C(F)(F)F)c(F)c4)ccc3C2)c[nH]1. The standard InChI is InChI=1S/C21H18F4N4O4S/c1-26-34(31,32)20-27-10-18(28-20)19(30)29-7-6-12-8-14(3-2-13(12)11-29)33-15-4-5-16(17(22)9-15)21(23,24)25/h2-5,8-10,26H,6-7,11H2,1H3,(H,27,28). The van der Waals surface area contributed by atoms with Gasteiger partial charge in [0.2, 0.25) is 5.16 Å². The van der Waals surface area contributed by atoms with E-state index in [9.17, 15) is 30.8 Å². The number of alkyl halides is 3. The van der Waals surface area contributed by atoms with Gasteiger partial charge in [-0.05, 0) is 48.9 Å². The van der Waals surface area contributed by atoms with Crippen molar-refractivity contribution in [2.24, 2.45) is 0 Å². The van der Waals surface area contributed by atoms with Gasteiger partial charge in [0.1, 0.15) is 23.0 Å². The largest absolute Gasteiger partial charge is 0.457 e. The number of hydrogen-bond donors (Lipinski definition) is 2. The van der Waals surface area contributed by atoms with Crippen LogP contribution in [0.4, 0.5) is 17.6 Å². The topological polar surface area (TPSA) is 104 Å². The summed E-state index contributed by atoms with van der Waals surface area (Å²) in [5.41, 5.74) is 0.253. The Morgan fingerprint density at radius 1 is 1.15 bits per heavy atom. The predicted octanol–water partition coefficient (Wildman–Crippen LogP) is 3.47. The monoisotopic (exact) mass is 498 g/mol. The van der Waals surface area contributed by atoms with Crippen molar-refractivity contribution in [2.45, 2.75) is 24.3 Å². The summed E-state index contributed by atoms with van der Waals surface area (Å²) in [7, 11) is -2.58. The lowest BCUT2D eigenvalue weighted by Crippen LogP contribution is -2.36. The molecule has 0 radical (unpaired) electrons. The Labute approximate surface area is 191 Å². The minimum absolute atomic E-state index is 0.0402. The van der Waals surface area contributed by atoms with Crippen LogP contribution in [0.15, 0.2) is 47.8 Å². The number of imidazole rings is 1. The number of ether oxygens (including phenoxy) is 1. The van der Waals surface area contributed by atoms with E-state index in [1.807, 2.05) is 0 Å². The van der Waals surface area contributed by atoms with Crippen molar-refractivity contribution in [3.05, 3.63) is 70.8 Å². The van der Waals surface area contributed by atoms with Gasteiger partial charge in [-0.3, -0.25) is 4.79 Å². The quantitative estimate of drug-likeness (QED) is 0.525. The lowest BCUT2D eigenvalue weighted by atomic mass is 9.99. The molecule has 2 aromatic carbocycles. The number of amides is 1. The smallest absolute Gasteiger partial charge is 0.419 e. The molecule has 8 nitrogen and oxygen atoms in total. The normalized spacial score (nSPS) is 14.1. The molecule has 1 aromatic heterocycles. The first-order chi connectivity index (χ1) is 16.0. The van der Waals surface area contributed by atoms with E-state index < -0.39 is 33.5 Å². The molecule has 0 saturated heterocycles. The van der Waals surface area contributed by atoms with E-state index in [1.54, 1.807) is 18.2 Å². The van der Waals surface area contributed by atoms with Crippen molar-refractivity contribution in [1.29, 1.82) is 0 Å². The predicted molar refractivity (Wildman–Crippen MR) is 111 cm³/mol. The van der Waals surface area contributed by atoms with Gasteiger partial charge in [0, 0.05) is 25.4 Å². The summed E-state index contributed by atoms with van der Waals surface area (Å²) in [5, 5.41) is -0.364. The van der Waals surface area contributed by atoms with E-state index in [-0.39, 0.29) is 23.1 Å². The van der Waals surface area contributed by atoms with Gasteiger partial charge in [-0.15, -0.1) is 0 Å². The molecule has 0 atom stereocenters. The van der Waals surface area contributed by atoms with E-state index in [0.717, 1.165) is 17.2 Å². The number of rotatable bonds is 5. The van der Waals surface area contributed by atoms with Crippen LogP contribution in [0.3, 0.4) is 0 Å². The van der Waals surface area contributed by atoms with Gasteiger partial charge < -0.3 is 14.6 Å². The van der Waals surface area contributed by atoms with Gasteiger partial charge in [0.05, 0.1) is 5.56 Å². The van der Waals surface area contributed by atoms with Crippen LogP contribution >= 0.6 is 0 Å². The highest BCUT2D eigenvalue weighted by atomic mass is 32.2. The lowest BCUT2D eigenvalue weighted by molar-refractivity contribution is -0.140. The van der Waals surface area contributed by atoms with Crippen molar-refractivity contribution >= 4 is 15.9 Å². The number of carbonyl (C=O) groups excluding carboxylic acids is 1. The number of hydrogen-bond acceptors (Lipinski definition) is 5. The first-order valence-electron chi connectivity index (χ1n) is 9.92. The highest BCUT2D eigenvalue weighted by Crippen LogP contribution is 2.34. The minimum atomic E-state index is -4.80. The Kier molecular flexibility index (Phi) is 6.08. The fourth-order valence-electron chi connectivity index (χ4n) is 3.50. The lowest BCUT2D eigenvalue weighted by Gasteiger charge is -2.28. The third kappa shape index (κ3) is 4.75. The maximum atomic E-state index is 13.8. The number of aromatic nitrogens is 2. The van der Waals surface area contributed by atoms with Crippen molar-refractivity contribution in [3.63, 3.8) is 0 Å². The molecule has 4 rings (SSSR count). The number of aromatic amines is 1. The number of benzene rings is 2. The number of nitrogens with zero attached hydrogens (tertiary/aromatic N) is 2. The number of nitrogens with one attached hydrogen (secondary N) is 2. The third-order valence-corrected chi connectivity index (χ3v) is 6.51. The summed E-state index contributed by atoms with van der Waals surface area (Å²) >= 11 is 0. The maximum absolute atomic E-state index is 13.8. The summed E-state index contributed by atoms with van der Waals surface area (Å²) < 4.78 is 83.2. The second-order valence-corrected chi connectivity index (χ2v) is 9.25. The van der Waals surface area contributed by atoms with Crippen molar-refractivity contribution in [2.75, 3.05) is 13.6 Å². The van der Waals surface area contributed by atoms with Gasteiger partial charge >= 0.3 is 6.18 Å². The number of halogens is 4. The van der Waals surface area contributed by atoms with Crippen molar-refractivity contribution in [1.82, 2.24) is 19.6 Å². The molecule has 1 amide bonds. The fraction of sp³-hybridized carbons (Fsp3) is 0.238. The van der Waals surface area contributed by atoms with Crippen LogP contribution in [0.5, 0.6) is 11.5 Å². The van der Waals surface area contributed by atoms with Crippen molar-refractivity contribution in [3.8, 4) is 11.5 Å². The molecule has 1 aliphatic heterocycles. The van der Waals surface area contributed by atoms with Gasteiger partial charge in [-0.25, -0.2) is 22.5 Å². The molecule has 2 N–H and O–H groups in total. The molecular weight excluding hydrogens is 480 g/mol. The molecule has 1 aliphatic rings. The number of fused-ring (bicyclic) bond motifs is 1. The van der Waals surface area contributed by atoms with Crippen LogP contribution in [0.25, 0.3) is 0 Å². The Bertz CT molecular complexity index is 1360. The molecule has 180 valence electrons. The first-order valence-corrected chi connectivity index (χ1v) is 11.4. The zero-order chi connectivity index (χ0) is 24.7. The molecule has 0 unspecified atom stereocenters. The fourth-order valence-corrected chi connectivity index (χ4v) is 4.13. The molecule has 2 heterocycles. The van der Waals surface area contributed by atoms with E-state index in [2.05, 4.69) is 14.7 Å². The van der Waals surface area contributed by atoms with Gasteiger partial charge in [-0.1, -0.05) is 6.07 Å². The summed E-state index contributed by atoms with van der Waals surface area (Å²) in [5.74, 6) is -1.64. The second-order valence-electron chi connectivity index (χ2n) is 7.45. The van der Waals surface area contributed by atoms with Crippen LogP contribution in [0, 0.1) is 5.82 Å². The van der Waals surface area contributed by atoms with Crippen LogP contribution < -0.4 is 9.46 Å². The van der Waals surface area contributed by atoms with E-state index in [0.29, 0.717) is 30.8 Å². The average Bonchev–Trinajstić information content (AvgIpc) is 3.29. The summed E-state index contributed by atoms with van der Waals surface area (Å²) in [4.78, 5) is 20.6. The Balaban J connectivity index is 1.47. The molecule has 0 aliphatic carbocycles. The maximum Gasteiger partial charge on any atom is 0.419 e. The molecule has 0 spiro atoms. The molecular formula is C21H18F4N4O4S. The van der Waals surface area contributed by atoms with E-state index >= 15 is 0 Å². The third-order valence-electron chi connectivity index (χ3n) is 5.26. The molecule has 0 saturated carbocycles. The van der Waals surface area contributed by atoms with Gasteiger partial charge in [0.15, 0.2) is 0 Å². The Morgan fingerprint density at radius 3 is 2.53 bits per heavy atom. The summed E-state index contributed by atoms with van der Waals surface area (Å²) in [6.45, 7) is 0.565. The van der Waals surface area contributed by atoms with Crippen LogP contribution in [0.1, 0.15) is 27.2 Å². The van der Waals surface area contributed by atoms with Crippen LogP contribution in [0.2, 0.25) is 0 Å². The number of H-pyrrole nitrogens is 1. The molecule has 13 heteroatoms. The Morgan fingerprint density at radius 2 is 1.85 bits per heavy atom. The van der Waals surface area contributed by atoms with Gasteiger partial charge in [-0.2, -0.15) is 13.2 Å².